The standard InChI is InChI=1S/C22H23N5O3/c1-12(21(29)30)15-4-6-16(7-5-15)25-22-24-9-8-17(26-22)18-13(2)19-20(28)23-10-11-27(19)14(18)3/h4-9,12H,10-11H2,1-3H3,(H,23,28)(H,29,30)(H,24,25,26). The molecule has 1 aromatic carbocycles. The van der Waals surface area contributed by atoms with Gasteiger partial charge in [-0.25, -0.2) is 9.97 Å². The number of hydrogen-bond acceptors (Lipinski definition) is 5. The first-order chi connectivity index (χ1) is 14.4. The van der Waals surface area contributed by atoms with Gasteiger partial charge in [-0.3, -0.25) is 9.59 Å². The first-order valence-electron chi connectivity index (χ1n) is 9.78. The summed E-state index contributed by atoms with van der Waals surface area (Å²) in [6.07, 6.45) is 1.68. The van der Waals surface area contributed by atoms with Crippen LogP contribution in [0.25, 0.3) is 11.3 Å². The van der Waals surface area contributed by atoms with Crippen LogP contribution in [0.3, 0.4) is 0 Å². The largest absolute Gasteiger partial charge is 0.481 e. The second-order valence-corrected chi connectivity index (χ2v) is 7.41. The van der Waals surface area contributed by atoms with Crippen LogP contribution in [0, 0.1) is 13.8 Å². The number of amides is 1. The average Bonchev–Trinajstić information content (AvgIpc) is 2.99. The molecule has 1 aliphatic rings. The van der Waals surface area contributed by atoms with Gasteiger partial charge in [0.25, 0.3) is 5.91 Å². The van der Waals surface area contributed by atoms with Crippen molar-refractivity contribution >= 4 is 23.5 Å². The minimum atomic E-state index is -0.860. The Labute approximate surface area is 174 Å². The Kier molecular flexibility index (Phi) is 4.99. The van der Waals surface area contributed by atoms with Gasteiger partial charge in [-0.2, -0.15) is 0 Å². The minimum absolute atomic E-state index is 0.0591. The summed E-state index contributed by atoms with van der Waals surface area (Å²) in [5.41, 5.74) is 5.77. The number of rotatable bonds is 5. The van der Waals surface area contributed by atoms with E-state index in [1.54, 1.807) is 25.3 Å². The Morgan fingerprint density at radius 2 is 1.97 bits per heavy atom. The number of aliphatic carboxylic acids is 1. The summed E-state index contributed by atoms with van der Waals surface area (Å²) < 4.78 is 2.04. The lowest BCUT2D eigenvalue weighted by Crippen LogP contribution is -2.35. The molecule has 0 saturated carbocycles. The van der Waals surface area contributed by atoms with Crippen molar-refractivity contribution in [1.82, 2.24) is 19.9 Å². The molecule has 3 heterocycles. The highest BCUT2D eigenvalue weighted by atomic mass is 16.4. The van der Waals surface area contributed by atoms with E-state index in [0.29, 0.717) is 18.2 Å². The number of anilines is 2. The molecule has 4 rings (SSSR count). The molecule has 1 unspecified atom stereocenters. The first kappa shape index (κ1) is 19.6. The Hall–Kier alpha value is -3.68. The number of carbonyl (C=O) groups excluding carboxylic acids is 1. The molecule has 0 radical (unpaired) electrons. The number of nitrogens with zero attached hydrogens (tertiary/aromatic N) is 3. The molecule has 0 bridgehead atoms. The third-order valence-corrected chi connectivity index (χ3v) is 5.55. The number of nitrogens with one attached hydrogen (secondary N) is 2. The highest BCUT2D eigenvalue weighted by molar-refractivity contribution is 5.97. The molecule has 154 valence electrons. The molecule has 8 heteroatoms. The van der Waals surface area contributed by atoms with E-state index in [2.05, 4.69) is 20.6 Å². The molecular weight excluding hydrogens is 382 g/mol. The third-order valence-electron chi connectivity index (χ3n) is 5.55. The van der Waals surface area contributed by atoms with Gasteiger partial charge in [-0.05, 0) is 50.1 Å². The zero-order chi connectivity index (χ0) is 21.4. The number of carboxylic acid groups (broad SMARTS) is 1. The average molecular weight is 405 g/mol. The summed E-state index contributed by atoms with van der Waals surface area (Å²) >= 11 is 0. The van der Waals surface area contributed by atoms with Gasteiger partial charge in [0.2, 0.25) is 5.95 Å². The Morgan fingerprint density at radius 3 is 2.63 bits per heavy atom. The van der Waals surface area contributed by atoms with E-state index in [0.717, 1.165) is 40.3 Å². The number of carbonyl (C=O) groups is 2. The van der Waals surface area contributed by atoms with E-state index in [1.165, 1.54) is 0 Å². The van der Waals surface area contributed by atoms with Crippen LogP contribution in [-0.4, -0.2) is 38.1 Å². The highest BCUT2D eigenvalue weighted by Gasteiger charge is 2.26. The molecule has 1 amide bonds. The van der Waals surface area contributed by atoms with E-state index in [9.17, 15) is 9.59 Å². The number of benzene rings is 1. The number of carboxylic acids is 1. The summed E-state index contributed by atoms with van der Waals surface area (Å²) in [4.78, 5) is 32.4. The van der Waals surface area contributed by atoms with Crippen LogP contribution in [0.2, 0.25) is 0 Å². The van der Waals surface area contributed by atoms with Crippen LogP contribution in [0.5, 0.6) is 0 Å². The molecule has 0 fully saturated rings. The highest BCUT2D eigenvalue weighted by Crippen LogP contribution is 2.32. The molecule has 8 nitrogen and oxygen atoms in total. The molecule has 3 N–H and O–H groups in total. The van der Waals surface area contributed by atoms with Crippen molar-refractivity contribution < 1.29 is 14.7 Å². The maximum atomic E-state index is 12.3. The summed E-state index contributed by atoms with van der Waals surface area (Å²) in [5, 5.41) is 15.2. The van der Waals surface area contributed by atoms with Gasteiger partial charge in [0, 0.05) is 36.2 Å². The summed E-state index contributed by atoms with van der Waals surface area (Å²) in [6, 6.07) is 9.01. The van der Waals surface area contributed by atoms with Crippen LogP contribution < -0.4 is 10.6 Å². The summed E-state index contributed by atoms with van der Waals surface area (Å²) in [6.45, 7) is 6.96. The SMILES string of the molecule is Cc1c(-c2ccnc(Nc3ccc(C(C)C(=O)O)cc3)n2)c(C)n2c1C(=O)NCC2. The molecule has 0 spiro atoms. The molecule has 3 aromatic rings. The maximum absolute atomic E-state index is 12.3. The minimum Gasteiger partial charge on any atom is -0.481 e. The van der Waals surface area contributed by atoms with E-state index < -0.39 is 11.9 Å². The van der Waals surface area contributed by atoms with Crippen LogP contribution in [0.4, 0.5) is 11.6 Å². The van der Waals surface area contributed by atoms with Crippen LogP contribution in [0.1, 0.15) is 40.2 Å². The van der Waals surface area contributed by atoms with Crippen molar-refractivity contribution in [3.05, 3.63) is 59.0 Å². The van der Waals surface area contributed by atoms with Crippen molar-refractivity contribution in [2.75, 3.05) is 11.9 Å². The fourth-order valence-electron chi connectivity index (χ4n) is 3.89. The lowest BCUT2D eigenvalue weighted by atomic mass is 10.0. The van der Waals surface area contributed by atoms with E-state index in [-0.39, 0.29) is 5.91 Å². The van der Waals surface area contributed by atoms with Gasteiger partial charge in [-0.15, -0.1) is 0 Å². The fraction of sp³-hybridized carbons (Fsp3) is 0.273. The second-order valence-electron chi connectivity index (χ2n) is 7.41. The van der Waals surface area contributed by atoms with Gasteiger partial charge < -0.3 is 20.3 Å². The zero-order valence-corrected chi connectivity index (χ0v) is 17.1. The van der Waals surface area contributed by atoms with Gasteiger partial charge in [0.15, 0.2) is 0 Å². The number of fused-ring (bicyclic) bond motifs is 1. The molecular formula is C22H23N5O3. The lowest BCUT2D eigenvalue weighted by Gasteiger charge is -2.17. The van der Waals surface area contributed by atoms with Gasteiger partial charge >= 0.3 is 5.97 Å². The van der Waals surface area contributed by atoms with E-state index in [1.807, 2.05) is 36.6 Å². The van der Waals surface area contributed by atoms with Crippen molar-refractivity contribution in [3.8, 4) is 11.3 Å². The third kappa shape index (κ3) is 3.41. The number of aromatic nitrogens is 3. The van der Waals surface area contributed by atoms with E-state index >= 15 is 0 Å². The Bertz CT molecular complexity index is 1130. The van der Waals surface area contributed by atoms with Gasteiger partial charge in [0.1, 0.15) is 5.69 Å². The maximum Gasteiger partial charge on any atom is 0.310 e. The van der Waals surface area contributed by atoms with Crippen molar-refractivity contribution in [1.29, 1.82) is 0 Å². The summed E-state index contributed by atoms with van der Waals surface area (Å²) in [5.74, 6) is -1.06. The normalized spacial score (nSPS) is 14.0. The first-order valence-corrected chi connectivity index (χ1v) is 9.78. The zero-order valence-electron chi connectivity index (χ0n) is 17.1. The molecule has 30 heavy (non-hydrogen) atoms. The van der Waals surface area contributed by atoms with Crippen LogP contribution >= 0.6 is 0 Å². The predicted octanol–water partition coefficient (Wildman–Crippen LogP) is 3.24. The quantitative estimate of drug-likeness (QED) is 0.601. The van der Waals surface area contributed by atoms with E-state index in [4.69, 9.17) is 5.11 Å². The summed E-state index contributed by atoms with van der Waals surface area (Å²) in [7, 11) is 0. The predicted molar refractivity (Wildman–Crippen MR) is 113 cm³/mol. The second kappa shape index (κ2) is 7.62. The monoisotopic (exact) mass is 405 g/mol. The molecule has 1 aliphatic heterocycles. The van der Waals surface area contributed by atoms with Crippen LogP contribution in [0.15, 0.2) is 36.5 Å². The molecule has 1 atom stereocenters. The molecule has 2 aromatic heterocycles. The van der Waals surface area contributed by atoms with Crippen molar-refractivity contribution in [2.45, 2.75) is 33.2 Å². The van der Waals surface area contributed by atoms with Gasteiger partial charge in [-0.1, -0.05) is 12.1 Å². The van der Waals surface area contributed by atoms with Crippen LogP contribution in [-0.2, 0) is 11.3 Å². The smallest absolute Gasteiger partial charge is 0.310 e. The fourth-order valence-corrected chi connectivity index (χ4v) is 3.89. The Balaban J connectivity index is 1.63. The lowest BCUT2D eigenvalue weighted by molar-refractivity contribution is -0.138. The van der Waals surface area contributed by atoms with Crippen molar-refractivity contribution in [3.63, 3.8) is 0 Å². The van der Waals surface area contributed by atoms with Crippen molar-refractivity contribution in [2.24, 2.45) is 0 Å². The van der Waals surface area contributed by atoms with Gasteiger partial charge in [0.05, 0.1) is 11.6 Å². The topological polar surface area (TPSA) is 109 Å². The molecule has 0 aliphatic carbocycles. The Morgan fingerprint density at radius 1 is 1.23 bits per heavy atom. The number of hydrogen-bond donors (Lipinski definition) is 3. The molecule has 0 saturated heterocycles.